The summed E-state index contributed by atoms with van der Waals surface area (Å²) in [4.78, 5) is 16.8. The lowest BCUT2D eigenvalue weighted by molar-refractivity contribution is -0.203. The summed E-state index contributed by atoms with van der Waals surface area (Å²) in [6.07, 6.45) is 2.28. The fourth-order valence-corrected chi connectivity index (χ4v) is 6.53. The zero-order valence-electron chi connectivity index (χ0n) is 15.0. The molecule has 3 saturated carbocycles. The van der Waals surface area contributed by atoms with Crippen LogP contribution in [0.3, 0.4) is 0 Å². The predicted octanol–water partition coefficient (Wildman–Crippen LogP) is 0.847. The third-order valence-electron chi connectivity index (χ3n) is 7.30. The highest BCUT2D eigenvalue weighted by Gasteiger charge is 3.02. The van der Waals surface area contributed by atoms with Crippen molar-refractivity contribution in [2.75, 3.05) is 0 Å². The smallest absolute Gasteiger partial charge is 0.164 e. The topological polar surface area (TPSA) is 118 Å². The number of aromatic amines is 1. The Balaban J connectivity index is 1.42. The molecule has 4 aromatic heterocycles. The Bertz CT molecular complexity index is 1340. The van der Waals surface area contributed by atoms with Crippen LogP contribution in [0.1, 0.15) is 17.6 Å². The van der Waals surface area contributed by atoms with Gasteiger partial charge in [-0.1, -0.05) is 11.6 Å². The summed E-state index contributed by atoms with van der Waals surface area (Å²) < 4.78 is 3.55. The van der Waals surface area contributed by atoms with Crippen LogP contribution in [-0.2, 0) is 12.5 Å². The van der Waals surface area contributed by atoms with Gasteiger partial charge in [0, 0.05) is 30.0 Å². The minimum absolute atomic E-state index is 0.0210. The van der Waals surface area contributed by atoms with E-state index in [9.17, 15) is 10.2 Å². The maximum absolute atomic E-state index is 11.3. The van der Waals surface area contributed by atoms with Gasteiger partial charge in [-0.3, -0.25) is 4.68 Å². The van der Waals surface area contributed by atoms with E-state index in [1.54, 1.807) is 11.0 Å². The molecule has 4 aromatic rings. The van der Waals surface area contributed by atoms with E-state index in [-0.39, 0.29) is 17.9 Å². The van der Waals surface area contributed by atoms with Gasteiger partial charge in [-0.2, -0.15) is 5.10 Å². The van der Waals surface area contributed by atoms with E-state index in [1.165, 1.54) is 6.33 Å². The van der Waals surface area contributed by atoms with E-state index in [4.69, 9.17) is 11.6 Å². The fourth-order valence-electron chi connectivity index (χ4n) is 6.30. The van der Waals surface area contributed by atoms with Crippen LogP contribution >= 0.6 is 11.6 Å². The SMILES string of the molecule is Cc1cc2c(Cl)nc3c(ncn3C3[C@H]4C5[C@]3(O)[C@H](O)[C@]54c3ncnn3C)c2[nH]1. The van der Waals surface area contributed by atoms with Crippen LogP contribution in [0.5, 0.6) is 0 Å². The van der Waals surface area contributed by atoms with Crippen molar-refractivity contribution in [3.8, 4) is 0 Å². The number of aliphatic hydroxyl groups is 2. The maximum Gasteiger partial charge on any atom is 0.164 e. The van der Waals surface area contributed by atoms with E-state index >= 15 is 0 Å². The lowest BCUT2D eigenvalue weighted by Gasteiger charge is -2.51. The van der Waals surface area contributed by atoms with Crippen molar-refractivity contribution in [1.29, 1.82) is 0 Å². The number of aryl methyl sites for hydroxylation is 2. The van der Waals surface area contributed by atoms with Crippen molar-refractivity contribution in [3.05, 3.63) is 35.4 Å². The molecule has 10 heteroatoms. The van der Waals surface area contributed by atoms with Gasteiger partial charge in [0.05, 0.1) is 29.4 Å². The maximum atomic E-state index is 11.3. The van der Waals surface area contributed by atoms with Gasteiger partial charge < -0.3 is 19.8 Å². The first-order valence-corrected chi connectivity index (χ1v) is 9.55. The number of hydrogen-bond acceptors (Lipinski definition) is 6. The molecular formula is C18H16ClN7O2. The minimum atomic E-state index is -1.21. The number of aromatic nitrogens is 7. The summed E-state index contributed by atoms with van der Waals surface area (Å²) >= 11 is 6.42. The predicted molar refractivity (Wildman–Crippen MR) is 98.8 cm³/mol. The van der Waals surface area contributed by atoms with Gasteiger partial charge in [0.15, 0.2) is 5.65 Å². The molecule has 3 aliphatic carbocycles. The van der Waals surface area contributed by atoms with Crippen molar-refractivity contribution < 1.29 is 10.2 Å². The number of pyridine rings is 1. The summed E-state index contributed by atoms with van der Waals surface area (Å²) in [6.45, 7) is 1.96. The number of H-pyrrole nitrogens is 1. The van der Waals surface area contributed by atoms with Gasteiger partial charge in [-0.05, 0) is 13.0 Å². The third-order valence-corrected chi connectivity index (χ3v) is 7.59. The normalized spacial score (nSPS) is 37.8. The van der Waals surface area contributed by atoms with E-state index in [2.05, 4.69) is 25.0 Å². The number of hydrogen-bond donors (Lipinski definition) is 3. The molecule has 9 nitrogen and oxygen atoms in total. The molecular weight excluding hydrogens is 382 g/mol. The molecule has 3 aliphatic rings. The Labute approximate surface area is 163 Å². The van der Waals surface area contributed by atoms with Crippen molar-refractivity contribution in [3.63, 3.8) is 0 Å². The Kier molecular flexibility index (Phi) is 2.34. The van der Waals surface area contributed by atoms with Gasteiger partial charge in [0.2, 0.25) is 0 Å². The van der Waals surface area contributed by atoms with Crippen LogP contribution in [0.25, 0.3) is 22.1 Å². The highest BCUT2D eigenvalue weighted by molar-refractivity contribution is 6.35. The van der Waals surface area contributed by atoms with Crippen molar-refractivity contribution in [2.24, 2.45) is 18.9 Å². The molecule has 0 radical (unpaired) electrons. The second-order valence-corrected chi connectivity index (χ2v) is 8.70. The largest absolute Gasteiger partial charge is 0.389 e. The summed E-state index contributed by atoms with van der Waals surface area (Å²) in [5.41, 5.74) is 1.37. The van der Waals surface area contributed by atoms with Gasteiger partial charge in [0.1, 0.15) is 28.4 Å². The van der Waals surface area contributed by atoms with Crippen molar-refractivity contribution >= 4 is 33.7 Å². The highest BCUT2D eigenvalue weighted by Crippen LogP contribution is 2.90. The molecule has 0 aliphatic heterocycles. The molecule has 2 unspecified atom stereocenters. The van der Waals surface area contributed by atoms with E-state index in [0.29, 0.717) is 16.3 Å². The molecule has 3 fully saturated rings. The minimum Gasteiger partial charge on any atom is -0.389 e. The van der Waals surface area contributed by atoms with Gasteiger partial charge in [0.25, 0.3) is 0 Å². The van der Waals surface area contributed by atoms with Crippen LogP contribution in [0.15, 0.2) is 18.7 Å². The van der Waals surface area contributed by atoms with Crippen molar-refractivity contribution in [1.82, 2.24) is 34.3 Å². The first kappa shape index (κ1) is 15.4. The molecule has 0 amide bonds. The number of imidazole rings is 1. The van der Waals surface area contributed by atoms with Crippen LogP contribution < -0.4 is 0 Å². The lowest BCUT2D eigenvalue weighted by atomic mass is 9.63. The van der Waals surface area contributed by atoms with E-state index in [1.807, 2.05) is 24.6 Å². The number of rotatable bonds is 2. The van der Waals surface area contributed by atoms with Gasteiger partial charge >= 0.3 is 0 Å². The summed E-state index contributed by atoms with van der Waals surface area (Å²) in [7, 11) is 1.81. The molecule has 0 aromatic carbocycles. The number of nitrogens with one attached hydrogen (secondary N) is 1. The number of fused-ring (bicyclic) bond motifs is 4. The summed E-state index contributed by atoms with van der Waals surface area (Å²) in [6, 6.07) is 1.62. The molecule has 142 valence electrons. The van der Waals surface area contributed by atoms with Gasteiger partial charge in [-0.15, -0.1) is 0 Å². The molecule has 6 atom stereocenters. The number of nitrogens with zero attached hydrogens (tertiary/aromatic N) is 6. The average Bonchev–Trinajstić information content (AvgIpc) is 3.15. The van der Waals surface area contributed by atoms with Crippen molar-refractivity contribution in [2.45, 2.75) is 30.1 Å². The molecule has 7 rings (SSSR count). The Morgan fingerprint density at radius 2 is 2.14 bits per heavy atom. The molecule has 0 bridgehead atoms. The van der Waals surface area contributed by atoms with E-state index < -0.39 is 17.1 Å². The average molecular weight is 398 g/mol. The molecule has 0 saturated heterocycles. The quantitative estimate of drug-likeness (QED) is 0.431. The summed E-state index contributed by atoms with van der Waals surface area (Å²) in [5, 5.41) is 27.6. The zero-order valence-corrected chi connectivity index (χ0v) is 15.8. The second kappa shape index (κ2) is 4.24. The Morgan fingerprint density at radius 1 is 1.32 bits per heavy atom. The molecule has 0 spiro atoms. The number of aliphatic hydroxyl groups excluding tert-OH is 1. The first-order chi connectivity index (χ1) is 13.4. The first-order valence-electron chi connectivity index (χ1n) is 9.18. The second-order valence-electron chi connectivity index (χ2n) is 8.35. The van der Waals surface area contributed by atoms with Crippen LogP contribution in [0.2, 0.25) is 5.15 Å². The van der Waals surface area contributed by atoms with Gasteiger partial charge in [-0.25, -0.2) is 15.0 Å². The zero-order chi connectivity index (χ0) is 19.2. The van der Waals surface area contributed by atoms with Crippen LogP contribution in [0.4, 0.5) is 0 Å². The standard InChI is InChI=1S/C18H16ClN7O2/c1-6-3-7-9(23-6)10-14(24-13(7)19)26(5-21-10)12-8-11-17(8,15(27)18(11,12)28)16-20-4-22-25(16)2/h3-5,8,11-12,15,23,27-28H,1-2H3/t8-,11?,12?,15-,17-,18-/m1/s1. The molecule has 4 heterocycles. The molecule has 28 heavy (non-hydrogen) atoms. The number of halogens is 1. The highest BCUT2D eigenvalue weighted by atomic mass is 35.5. The molecule has 3 N–H and O–H groups in total. The van der Waals surface area contributed by atoms with E-state index in [0.717, 1.165) is 22.4 Å². The monoisotopic (exact) mass is 397 g/mol. The third kappa shape index (κ3) is 1.28. The van der Waals surface area contributed by atoms with Crippen LogP contribution in [0, 0.1) is 18.8 Å². The lowest BCUT2D eigenvalue weighted by Crippen LogP contribution is -2.66. The Morgan fingerprint density at radius 3 is 2.86 bits per heavy atom. The fraction of sp³-hybridized carbons (Fsp3) is 0.444. The summed E-state index contributed by atoms with van der Waals surface area (Å²) in [5.74, 6) is 0.765. The van der Waals surface area contributed by atoms with Crippen LogP contribution in [-0.4, -0.2) is 56.2 Å². The Hall–Kier alpha value is -2.49.